The van der Waals surface area contributed by atoms with E-state index in [1.165, 1.54) is 0 Å². The monoisotopic (exact) mass is 395 g/mol. The third kappa shape index (κ3) is 6.10. The summed E-state index contributed by atoms with van der Waals surface area (Å²) in [5.74, 6) is -1.23. The largest absolute Gasteiger partial charge is 0.346 e. The van der Waals surface area contributed by atoms with Crippen molar-refractivity contribution in [2.45, 2.75) is 19.5 Å². The molecular weight excluding hydrogens is 366 g/mol. The number of hydrogen-bond donors (Lipinski definition) is 2. The molecular formula is C22H29N5O2. The molecule has 1 atom stereocenters. The molecule has 154 valence electrons. The van der Waals surface area contributed by atoms with Gasteiger partial charge in [0.15, 0.2) is 0 Å². The standard InChI is InChI=1S/C22H29N5O2/c1-2-26-11-13-27(14-12-26)20(19-9-6-10-23-16-19)17-25-22(29)21(28)24-15-18-7-4-3-5-8-18/h3-10,16,20H,2,11-15,17H2,1H3,(H,24,28)(H,25,29)/t20-/m0/s1. The average Bonchev–Trinajstić information content (AvgIpc) is 2.79. The fourth-order valence-corrected chi connectivity index (χ4v) is 3.55. The highest BCUT2D eigenvalue weighted by Crippen LogP contribution is 2.21. The second-order valence-electron chi connectivity index (χ2n) is 7.15. The minimum absolute atomic E-state index is 0.00594. The van der Waals surface area contributed by atoms with Gasteiger partial charge in [-0.25, -0.2) is 0 Å². The zero-order chi connectivity index (χ0) is 20.5. The van der Waals surface area contributed by atoms with E-state index in [-0.39, 0.29) is 6.04 Å². The van der Waals surface area contributed by atoms with Crippen LogP contribution in [0.15, 0.2) is 54.9 Å². The van der Waals surface area contributed by atoms with E-state index in [4.69, 9.17) is 0 Å². The molecule has 1 aliphatic heterocycles. The van der Waals surface area contributed by atoms with Crippen LogP contribution in [0.1, 0.15) is 24.1 Å². The number of carbonyl (C=O) groups excluding carboxylic acids is 2. The van der Waals surface area contributed by atoms with E-state index in [0.29, 0.717) is 13.1 Å². The smallest absolute Gasteiger partial charge is 0.309 e. The van der Waals surface area contributed by atoms with E-state index in [1.54, 1.807) is 6.20 Å². The third-order valence-electron chi connectivity index (χ3n) is 5.32. The van der Waals surface area contributed by atoms with E-state index in [0.717, 1.165) is 43.9 Å². The Morgan fingerprint density at radius 3 is 2.38 bits per heavy atom. The van der Waals surface area contributed by atoms with Gasteiger partial charge in [-0.2, -0.15) is 0 Å². The number of hydrogen-bond acceptors (Lipinski definition) is 5. The number of pyridine rings is 1. The van der Waals surface area contributed by atoms with Crippen LogP contribution in [-0.2, 0) is 16.1 Å². The Balaban J connectivity index is 1.56. The van der Waals surface area contributed by atoms with Gasteiger partial charge in [-0.3, -0.25) is 19.5 Å². The summed E-state index contributed by atoms with van der Waals surface area (Å²) in [6, 6.07) is 13.4. The minimum Gasteiger partial charge on any atom is -0.346 e. The van der Waals surface area contributed by atoms with Crippen molar-refractivity contribution < 1.29 is 9.59 Å². The Kier molecular flexibility index (Phi) is 7.72. The second kappa shape index (κ2) is 10.7. The van der Waals surface area contributed by atoms with E-state index < -0.39 is 11.8 Å². The van der Waals surface area contributed by atoms with Gasteiger partial charge < -0.3 is 15.5 Å². The maximum atomic E-state index is 12.3. The van der Waals surface area contributed by atoms with E-state index in [1.807, 2.05) is 48.7 Å². The van der Waals surface area contributed by atoms with Crippen molar-refractivity contribution in [1.29, 1.82) is 0 Å². The Morgan fingerprint density at radius 2 is 1.72 bits per heavy atom. The number of likely N-dealkylation sites (N-methyl/N-ethyl adjacent to an activating group) is 1. The molecule has 1 aromatic heterocycles. The summed E-state index contributed by atoms with van der Waals surface area (Å²) in [4.78, 5) is 33.5. The molecule has 0 saturated carbocycles. The Morgan fingerprint density at radius 1 is 1.00 bits per heavy atom. The first-order valence-electron chi connectivity index (χ1n) is 10.1. The number of aromatic nitrogens is 1. The normalized spacial score (nSPS) is 16.2. The number of nitrogens with one attached hydrogen (secondary N) is 2. The summed E-state index contributed by atoms with van der Waals surface area (Å²) in [6.45, 7) is 7.75. The Hall–Kier alpha value is -2.77. The molecule has 2 heterocycles. The van der Waals surface area contributed by atoms with E-state index in [2.05, 4.69) is 32.3 Å². The van der Waals surface area contributed by atoms with Crippen LogP contribution in [0, 0.1) is 0 Å². The highest BCUT2D eigenvalue weighted by molar-refractivity contribution is 6.35. The Labute approximate surface area is 172 Å². The summed E-state index contributed by atoms with van der Waals surface area (Å²) in [5.41, 5.74) is 2.00. The number of piperazine rings is 1. The molecule has 1 aliphatic rings. The fraction of sp³-hybridized carbons (Fsp3) is 0.409. The van der Waals surface area contributed by atoms with Gasteiger partial charge in [-0.1, -0.05) is 43.3 Å². The summed E-state index contributed by atoms with van der Waals surface area (Å²) in [5, 5.41) is 5.48. The molecule has 7 nitrogen and oxygen atoms in total. The zero-order valence-corrected chi connectivity index (χ0v) is 16.9. The number of benzene rings is 1. The maximum absolute atomic E-state index is 12.3. The molecule has 1 saturated heterocycles. The van der Waals surface area contributed by atoms with Crippen molar-refractivity contribution in [2.75, 3.05) is 39.3 Å². The lowest BCUT2D eigenvalue weighted by Crippen LogP contribution is -2.50. The van der Waals surface area contributed by atoms with Crippen molar-refractivity contribution in [1.82, 2.24) is 25.4 Å². The minimum atomic E-state index is -0.616. The molecule has 3 rings (SSSR count). The van der Waals surface area contributed by atoms with Crippen LogP contribution < -0.4 is 10.6 Å². The van der Waals surface area contributed by atoms with Crippen LogP contribution in [0.2, 0.25) is 0 Å². The van der Waals surface area contributed by atoms with Gasteiger partial charge in [0.25, 0.3) is 0 Å². The van der Waals surface area contributed by atoms with Crippen molar-refractivity contribution in [3.63, 3.8) is 0 Å². The predicted molar refractivity (Wildman–Crippen MR) is 112 cm³/mol. The number of rotatable bonds is 7. The van der Waals surface area contributed by atoms with Crippen molar-refractivity contribution in [3.8, 4) is 0 Å². The summed E-state index contributed by atoms with van der Waals surface area (Å²) in [7, 11) is 0. The van der Waals surface area contributed by atoms with Crippen LogP contribution in [-0.4, -0.2) is 65.9 Å². The lowest BCUT2D eigenvalue weighted by molar-refractivity contribution is -0.139. The van der Waals surface area contributed by atoms with E-state index >= 15 is 0 Å². The molecule has 1 aromatic carbocycles. The summed E-state index contributed by atoms with van der Waals surface area (Å²) < 4.78 is 0. The van der Waals surface area contributed by atoms with Crippen molar-refractivity contribution >= 4 is 11.8 Å². The lowest BCUT2D eigenvalue weighted by atomic mass is 10.1. The molecule has 0 bridgehead atoms. The molecule has 0 spiro atoms. The van der Waals surface area contributed by atoms with Crippen LogP contribution in [0.25, 0.3) is 0 Å². The lowest BCUT2D eigenvalue weighted by Gasteiger charge is -2.39. The highest BCUT2D eigenvalue weighted by Gasteiger charge is 2.26. The second-order valence-corrected chi connectivity index (χ2v) is 7.15. The molecule has 2 N–H and O–H groups in total. The molecule has 0 unspecified atom stereocenters. The molecule has 2 aromatic rings. The molecule has 0 aliphatic carbocycles. The first-order valence-corrected chi connectivity index (χ1v) is 10.1. The van der Waals surface area contributed by atoms with Crippen LogP contribution >= 0.6 is 0 Å². The molecule has 2 amide bonds. The summed E-state index contributed by atoms with van der Waals surface area (Å²) >= 11 is 0. The van der Waals surface area contributed by atoms with E-state index in [9.17, 15) is 9.59 Å². The van der Waals surface area contributed by atoms with Gasteiger partial charge in [0.05, 0.1) is 6.04 Å². The third-order valence-corrected chi connectivity index (χ3v) is 5.32. The zero-order valence-electron chi connectivity index (χ0n) is 16.9. The van der Waals surface area contributed by atoms with Crippen molar-refractivity contribution in [2.24, 2.45) is 0 Å². The topological polar surface area (TPSA) is 77.6 Å². The quantitative estimate of drug-likeness (QED) is 0.689. The van der Waals surface area contributed by atoms with Crippen LogP contribution in [0.3, 0.4) is 0 Å². The van der Waals surface area contributed by atoms with Crippen LogP contribution in [0.4, 0.5) is 0 Å². The molecule has 29 heavy (non-hydrogen) atoms. The van der Waals surface area contributed by atoms with Gasteiger partial charge in [0, 0.05) is 51.7 Å². The number of nitrogens with zero attached hydrogens (tertiary/aromatic N) is 3. The fourth-order valence-electron chi connectivity index (χ4n) is 3.55. The molecule has 7 heteroatoms. The first-order chi connectivity index (χ1) is 14.2. The SMILES string of the molecule is CCN1CCN([C@@H](CNC(=O)C(=O)NCc2ccccc2)c2cccnc2)CC1. The number of carbonyl (C=O) groups is 2. The molecule has 1 fully saturated rings. The van der Waals surface area contributed by atoms with Crippen LogP contribution in [0.5, 0.6) is 0 Å². The summed E-state index contributed by atoms with van der Waals surface area (Å²) in [6.07, 6.45) is 3.57. The van der Waals surface area contributed by atoms with Gasteiger partial charge in [-0.15, -0.1) is 0 Å². The highest BCUT2D eigenvalue weighted by atomic mass is 16.2. The number of amides is 2. The maximum Gasteiger partial charge on any atom is 0.309 e. The van der Waals surface area contributed by atoms with Crippen molar-refractivity contribution in [3.05, 3.63) is 66.0 Å². The first kappa shape index (κ1) is 21.0. The average molecular weight is 396 g/mol. The predicted octanol–water partition coefficient (Wildman–Crippen LogP) is 1.19. The van der Waals surface area contributed by atoms with Gasteiger partial charge in [-0.05, 0) is 23.7 Å². The Bertz CT molecular complexity index is 776. The van der Waals surface area contributed by atoms with Gasteiger partial charge in [0.2, 0.25) is 0 Å². The molecule has 0 radical (unpaired) electrons. The van der Waals surface area contributed by atoms with Gasteiger partial charge >= 0.3 is 11.8 Å². The van der Waals surface area contributed by atoms with Gasteiger partial charge in [0.1, 0.15) is 0 Å².